The van der Waals surface area contributed by atoms with Gasteiger partial charge in [0.15, 0.2) is 0 Å². The van der Waals surface area contributed by atoms with Crippen molar-refractivity contribution in [2.24, 2.45) is 0 Å². The summed E-state index contributed by atoms with van der Waals surface area (Å²) in [6.07, 6.45) is 27.4. The van der Waals surface area contributed by atoms with Crippen LogP contribution in [0.1, 0.15) is 71.1 Å². The molecule has 0 aliphatic rings. The SMILES string of the molecule is CCC=CCC=CCC=CCCCC/C=C\CCCC(=O)O. The van der Waals surface area contributed by atoms with Crippen LogP contribution in [-0.4, -0.2) is 11.1 Å². The molecule has 2 nitrogen and oxygen atoms in total. The lowest BCUT2D eigenvalue weighted by molar-refractivity contribution is -0.137. The first kappa shape index (κ1) is 20.4. The summed E-state index contributed by atoms with van der Waals surface area (Å²) in [5, 5.41) is 8.50. The van der Waals surface area contributed by atoms with Crippen molar-refractivity contribution in [1.29, 1.82) is 0 Å². The minimum Gasteiger partial charge on any atom is -0.481 e. The maximum atomic E-state index is 10.3. The summed E-state index contributed by atoms with van der Waals surface area (Å²) in [6.45, 7) is 2.15. The van der Waals surface area contributed by atoms with Crippen LogP contribution in [0.4, 0.5) is 0 Å². The van der Waals surface area contributed by atoms with Gasteiger partial charge in [0.2, 0.25) is 0 Å². The summed E-state index contributed by atoms with van der Waals surface area (Å²) < 4.78 is 0. The molecule has 0 spiro atoms. The van der Waals surface area contributed by atoms with Crippen LogP contribution in [-0.2, 0) is 4.79 Å². The number of carboxylic acid groups (broad SMARTS) is 1. The summed E-state index contributed by atoms with van der Waals surface area (Å²) in [5.74, 6) is -0.701. The average molecular weight is 304 g/mol. The quantitative estimate of drug-likeness (QED) is 0.305. The van der Waals surface area contributed by atoms with Crippen LogP contribution in [0.15, 0.2) is 48.6 Å². The van der Waals surface area contributed by atoms with Gasteiger partial charge in [-0.1, -0.05) is 55.5 Å². The Kier molecular flexibility index (Phi) is 16.2. The summed E-state index contributed by atoms with van der Waals surface area (Å²) in [5.41, 5.74) is 0. The molecule has 124 valence electrons. The number of hydrogen-bond donors (Lipinski definition) is 1. The Balaban J connectivity index is 3.31. The van der Waals surface area contributed by atoms with E-state index < -0.39 is 5.97 Å². The molecule has 0 aliphatic heterocycles. The zero-order valence-corrected chi connectivity index (χ0v) is 14.0. The Morgan fingerprint density at radius 1 is 0.727 bits per heavy atom. The normalized spacial score (nSPS) is 12.4. The first-order chi connectivity index (χ1) is 10.8. The van der Waals surface area contributed by atoms with Crippen molar-refractivity contribution in [2.45, 2.75) is 71.1 Å². The van der Waals surface area contributed by atoms with Crippen LogP contribution in [0.25, 0.3) is 0 Å². The molecule has 0 saturated heterocycles. The van der Waals surface area contributed by atoms with E-state index in [4.69, 9.17) is 5.11 Å². The van der Waals surface area contributed by atoms with Gasteiger partial charge in [0.25, 0.3) is 0 Å². The highest BCUT2D eigenvalue weighted by Crippen LogP contribution is 2.04. The third-order valence-electron chi connectivity index (χ3n) is 3.20. The van der Waals surface area contributed by atoms with E-state index in [-0.39, 0.29) is 6.42 Å². The first-order valence-electron chi connectivity index (χ1n) is 8.59. The Morgan fingerprint density at radius 3 is 1.73 bits per heavy atom. The lowest BCUT2D eigenvalue weighted by Gasteiger charge is -1.94. The van der Waals surface area contributed by atoms with E-state index in [1.54, 1.807) is 0 Å². The summed E-state index contributed by atoms with van der Waals surface area (Å²) in [4.78, 5) is 10.3. The molecule has 0 fully saturated rings. The van der Waals surface area contributed by atoms with E-state index in [2.05, 4.69) is 55.5 Å². The second-order valence-corrected chi connectivity index (χ2v) is 5.34. The minimum absolute atomic E-state index is 0.276. The molecule has 0 aromatic rings. The van der Waals surface area contributed by atoms with E-state index in [0.717, 1.165) is 44.9 Å². The van der Waals surface area contributed by atoms with Crippen LogP contribution in [0.5, 0.6) is 0 Å². The molecule has 0 rings (SSSR count). The van der Waals surface area contributed by atoms with Gasteiger partial charge in [-0.2, -0.15) is 0 Å². The number of unbranched alkanes of at least 4 members (excludes halogenated alkanes) is 4. The average Bonchev–Trinajstić information content (AvgIpc) is 2.50. The lowest BCUT2D eigenvalue weighted by Crippen LogP contribution is -1.92. The monoisotopic (exact) mass is 304 g/mol. The van der Waals surface area contributed by atoms with Gasteiger partial charge in [0.05, 0.1) is 0 Å². The first-order valence-corrected chi connectivity index (χ1v) is 8.59. The Labute approximate surface area is 136 Å². The van der Waals surface area contributed by atoms with Crippen LogP contribution in [0.2, 0.25) is 0 Å². The van der Waals surface area contributed by atoms with E-state index in [1.807, 2.05) is 0 Å². The fraction of sp³-hybridized carbons (Fsp3) is 0.550. The molecule has 0 heterocycles. The van der Waals surface area contributed by atoms with Gasteiger partial charge in [0, 0.05) is 6.42 Å². The van der Waals surface area contributed by atoms with Crippen molar-refractivity contribution in [3.8, 4) is 0 Å². The number of carboxylic acids is 1. The maximum absolute atomic E-state index is 10.3. The number of hydrogen-bond acceptors (Lipinski definition) is 1. The number of carbonyl (C=O) groups is 1. The van der Waals surface area contributed by atoms with Crippen LogP contribution in [0.3, 0.4) is 0 Å². The predicted octanol–water partition coefficient (Wildman–Crippen LogP) is 6.22. The van der Waals surface area contributed by atoms with Crippen LogP contribution < -0.4 is 0 Å². The van der Waals surface area contributed by atoms with Gasteiger partial charge in [-0.05, 0) is 57.8 Å². The molecule has 0 amide bonds. The Bertz CT molecular complexity index is 362. The highest BCUT2D eigenvalue weighted by Gasteiger charge is 1.93. The van der Waals surface area contributed by atoms with Crippen molar-refractivity contribution < 1.29 is 9.90 Å². The molecular weight excluding hydrogens is 272 g/mol. The smallest absolute Gasteiger partial charge is 0.303 e. The zero-order chi connectivity index (χ0) is 16.3. The molecule has 0 aromatic carbocycles. The number of allylic oxidation sites excluding steroid dienone is 8. The summed E-state index contributed by atoms with van der Waals surface area (Å²) in [7, 11) is 0. The molecular formula is C20H32O2. The lowest BCUT2D eigenvalue weighted by atomic mass is 10.1. The third-order valence-corrected chi connectivity index (χ3v) is 3.20. The van der Waals surface area contributed by atoms with Crippen LogP contribution >= 0.6 is 0 Å². The molecule has 0 unspecified atom stereocenters. The molecule has 2 heteroatoms. The number of aliphatic carboxylic acids is 1. The summed E-state index contributed by atoms with van der Waals surface area (Å²) >= 11 is 0. The fourth-order valence-electron chi connectivity index (χ4n) is 1.96. The molecule has 0 aliphatic carbocycles. The zero-order valence-electron chi connectivity index (χ0n) is 14.0. The fourth-order valence-corrected chi connectivity index (χ4v) is 1.96. The van der Waals surface area contributed by atoms with E-state index in [0.29, 0.717) is 0 Å². The Hall–Kier alpha value is -1.57. The van der Waals surface area contributed by atoms with Gasteiger partial charge >= 0.3 is 5.97 Å². The largest absolute Gasteiger partial charge is 0.481 e. The van der Waals surface area contributed by atoms with Crippen molar-refractivity contribution in [3.63, 3.8) is 0 Å². The van der Waals surface area contributed by atoms with Gasteiger partial charge in [-0.15, -0.1) is 0 Å². The highest BCUT2D eigenvalue weighted by molar-refractivity contribution is 5.66. The molecule has 1 N–H and O–H groups in total. The van der Waals surface area contributed by atoms with Crippen LogP contribution in [0, 0.1) is 0 Å². The standard InChI is InChI=1S/C20H32O2/c1-2-3-4-5-6-7-8-9-10-11-12-13-14-15-16-17-18-19-20(21)22/h3-4,6-7,9-10,15-16H,2,5,8,11-14,17-19H2,1H3,(H,21,22)/b4-3?,7-6?,10-9?,16-15-. The molecule has 0 atom stereocenters. The Morgan fingerprint density at radius 2 is 1.18 bits per heavy atom. The van der Waals surface area contributed by atoms with E-state index >= 15 is 0 Å². The topological polar surface area (TPSA) is 37.3 Å². The molecule has 22 heavy (non-hydrogen) atoms. The second kappa shape index (κ2) is 17.5. The predicted molar refractivity (Wildman–Crippen MR) is 96.0 cm³/mol. The van der Waals surface area contributed by atoms with Crippen molar-refractivity contribution in [3.05, 3.63) is 48.6 Å². The van der Waals surface area contributed by atoms with Gasteiger partial charge in [0.1, 0.15) is 0 Å². The molecule has 0 aromatic heterocycles. The molecule has 0 bridgehead atoms. The summed E-state index contributed by atoms with van der Waals surface area (Å²) in [6, 6.07) is 0. The van der Waals surface area contributed by atoms with E-state index in [1.165, 1.54) is 12.8 Å². The van der Waals surface area contributed by atoms with Crippen molar-refractivity contribution in [2.75, 3.05) is 0 Å². The van der Waals surface area contributed by atoms with Gasteiger partial charge in [-0.25, -0.2) is 0 Å². The second-order valence-electron chi connectivity index (χ2n) is 5.34. The van der Waals surface area contributed by atoms with Crippen molar-refractivity contribution in [1.82, 2.24) is 0 Å². The molecule has 0 saturated carbocycles. The third kappa shape index (κ3) is 18.4. The van der Waals surface area contributed by atoms with Gasteiger partial charge in [-0.3, -0.25) is 4.79 Å². The highest BCUT2D eigenvalue weighted by atomic mass is 16.4. The minimum atomic E-state index is -0.701. The molecule has 0 radical (unpaired) electrons. The van der Waals surface area contributed by atoms with E-state index in [9.17, 15) is 4.79 Å². The number of rotatable bonds is 14. The maximum Gasteiger partial charge on any atom is 0.303 e. The van der Waals surface area contributed by atoms with Gasteiger partial charge < -0.3 is 5.11 Å². The van der Waals surface area contributed by atoms with Crippen molar-refractivity contribution >= 4 is 5.97 Å².